The van der Waals surface area contributed by atoms with Gasteiger partial charge in [0.1, 0.15) is 11.3 Å². The van der Waals surface area contributed by atoms with Crippen molar-refractivity contribution in [2.45, 2.75) is 38.8 Å². The van der Waals surface area contributed by atoms with Crippen molar-refractivity contribution < 1.29 is 14.1 Å². The minimum atomic E-state index is -0.612. The van der Waals surface area contributed by atoms with Gasteiger partial charge >= 0.3 is 0 Å². The average Bonchev–Trinajstić information content (AvgIpc) is 3.27. The van der Waals surface area contributed by atoms with Gasteiger partial charge in [0.15, 0.2) is 0 Å². The number of amides is 1. The Morgan fingerprint density at radius 1 is 1.38 bits per heavy atom. The zero-order valence-corrected chi connectivity index (χ0v) is 14.7. The highest BCUT2D eigenvalue weighted by atomic mass is 16.5. The Balaban J connectivity index is 1.72. The lowest BCUT2D eigenvalue weighted by molar-refractivity contribution is -0.138. The summed E-state index contributed by atoms with van der Waals surface area (Å²) >= 11 is 0. The molecule has 1 saturated heterocycles. The van der Waals surface area contributed by atoms with Crippen LogP contribution >= 0.6 is 0 Å². The molecule has 1 fully saturated rings. The van der Waals surface area contributed by atoms with Gasteiger partial charge in [-0.1, -0.05) is 5.16 Å². The molecule has 1 amide bonds. The van der Waals surface area contributed by atoms with Crippen LogP contribution < -0.4 is 0 Å². The topological polar surface area (TPSA) is 60.5 Å². The number of rotatable bonds is 5. The van der Waals surface area contributed by atoms with Crippen molar-refractivity contribution in [1.29, 1.82) is 0 Å². The van der Waals surface area contributed by atoms with Gasteiger partial charge in [-0.3, -0.25) is 4.79 Å². The minimum Gasteiger partial charge on any atom is -0.379 e. The van der Waals surface area contributed by atoms with Gasteiger partial charge in [-0.15, -0.1) is 0 Å². The second kappa shape index (κ2) is 6.43. The highest BCUT2D eigenvalue weighted by molar-refractivity contribution is 5.84. The Labute approximate surface area is 142 Å². The minimum absolute atomic E-state index is 0.0137. The van der Waals surface area contributed by atoms with Crippen LogP contribution in [0.3, 0.4) is 0 Å². The fraction of sp³-hybridized carbons (Fsp3) is 0.556. The summed E-state index contributed by atoms with van der Waals surface area (Å²) in [5.74, 6) is 1.17. The number of aryl methyl sites for hydroxylation is 1. The van der Waals surface area contributed by atoms with Crippen LogP contribution in [0, 0.1) is 12.8 Å². The van der Waals surface area contributed by atoms with Crippen LogP contribution in [0.5, 0.6) is 0 Å². The Bertz CT molecular complexity index is 690. The summed E-state index contributed by atoms with van der Waals surface area (Å²) in [5.41, 5.74) is 0.262. The lowest BCUT2D eigenvalue weighted by Crippen LogP contribution is -2.46. The summed E-state index contributed by atoms with van der Waals surface area (Å²) in [7, 11) is 1.70. The molecule has 6 heteroatoms. The average molecular weight is 331 g/mol. The summed E-state index contributed by atoms with van der Waals surface area (Å²) in [6.45, 7) is 7.08. The lowest BCUT2D eigenvalue weighted by atomic mass is 10.00. The van der Waals surface area contributed by atoms with Gasteiger partial charge in [0.05, 0.1) is 11.8 Å². The van der Waals surface area contributed by atoms with Gasteiger partial charge in [0.2, 0.25) is 5.91 Å². The molecular formula is C18H25N3O3. The second-order valence-corrected chi connectivity index (χ2v) is 7.03. The van der Waals surface area contributed by atoms with Crippen LogP contribution in [0.15, 0.2) is 35.1 Å². The Hall–Kier alpha value is -2.08. The molecule has 0 spiro atoms. The normalized spacial score (nSPS) is 21.4. The number of hydrogen-bond donors (Lipinski definition) is 0. The number of hydrogen-bond acceptors (Lipinski definition) is 4. The molecule has 3 rings (SSSR count). The van der Waals surface area contributed by atoms with Gasteiger partial charge in [-0.05, 0) is 32.9 Å². The number of ether oxygens (including phenoxy) is 1. The summed E-state index contributed by atoms with van der Waals surface area (Å²) in [6, 6.07) is 5.82. The zero-order chi connectivity index (χ0) is 17.3. The molecule has 0 aromatic carbocycles. The van der Waals surface area contributed by atoms with Crippen molar-refractivity contribution in [3.63, 3.8) is 0 Å². The molecule has 1 aliphatic heterocycles. The van der Waals surface area contributed by atoms with E-state index in [1.54, 1.807) is 7.11 Å². The van der Waals surface area contributed by atoms with Crippen LogP contribution in [-0.2, 0) is 21.5 Å². The molecule has 0 unspecified atom stereocenters. The highest BCUT2D eigenvalue weighted by Gasteiger charge is 2.41. The maximum atomic E-state index is 13.0. The third-order valence-electron chi connectivity index (χ3n) is 4.88. The van der Waals surface area contributed by atoms with Crippen molar-refractivity contribution in [1.82, 2.24) is 14.6 Å². The molecular weight excluding hydrogens is 306 g/mol. The number of carbonyl (C=O) groups is 1. The van der Waals surface area contributed by atoms with Crippen molar-refractivity contribution in [2.75, 3.05) is 20.2 Å². The SMILES string of the molecule is CO[C@H]1CN(C(=O)C(C)(C)n2cccc2)C[C@H]1Cc1cc(C)no1. The van der Waals surface area contributed by atoms with Gasteiger partial charge in [0.25, 0.3) is 0 Å². The first kappa shape index (κ1) is 16.8. The van der Waals surface area contributed by atoms with E-state index in [1.807, 2.05) is 60.8 Å². The molecule has 3 heterocycles. The van der Waals surface area contributed by atoms with Crippen LogP contribution in [-0.4, -0.2) is 46.8 Å². The first-order valence-electron chi connectivity index (χ1n) is 8.29. The highest BCUT2D eigenvalue weighted by Crippen LogP contribution is 2.28. The van der Waals surface area contributed by atoms with Crippen LogP contribution in [0.25, 0.3) is 0 Å². The smallest absolute Gasteiger partial charge is 0.248 e. The Morgan fingerprint density at radius 3 is 2.67 bits per heavy atom. The quantitative estimate of drug-likeness (QED) is 0.843. The van der Waals surface area contributed by atoms with E-state index in [0.717, 1.165) is 17.9 Å². The summed E-state index contributed by atoms with van der Waals surface area (Å²) in [6.07, 6.45) is 4.60. The molecule has 2 atom stereocenters. The number of likely N-dealkylation sites (tertiary alicyclic amines) is 1. The van der Waals surface area contributed by atoms with Crippen molar-refractivity contribution in [3.8, 4) is 0 Å². The lowest BCUT2D eigenvalue weighted by Gasteiger charge is -2.30. The summed E-state index contributed by atoms with van der Waals surface area (Å²) in [4.78, 5) is 14.9. The van der Waals surface area contributed by atoms with Crippen molar-refractivity contribution >= 4 is 5.91 Å². The molecule has 2 aromatic rings. The number of aromatic nitrogens is 2. The molecule has 6 nitrogen and oxygen atoms in total. The third-order valence-corrected chi connectivity index (χ3v) is 4.88. The molecule has 2 aromatic heterocycles. The third kappa shape index (κ3) is 3.11. The molecule has 0 bridgehead atoms. The maximum absolute atomic E-state index is 13.0. The van der Waals surface area contributed by atoms with E-state index in [-0.39, 0.29) is 17.9 Å². The van der Waals surface area contributed by atoms with Gasteiger partial charge in [0, 0.05) is 51.0 Å². The van der Waals surface area contributed by atoms with Crippen LogP contribution in [0.1, 0.15) is 25.3 Å². The van der Waals surface area contributed by atoms with Gasteiger partial charge < -0.3 is 18.7 Å². The predicted molar refractivity (Wildman–Crippen MR) is 89.6 cm³/mol. The van der Waals surface area contributed by atoms with E-state index in [0.29, 0.717) is 13.1 Å². The Morgan fingerprint density at radius 2 is 2.08 bits per heavy atom. The molecule has 130 valence electrons. The van der Waals surface area contributed by atoms with E-state index < -0.39 is 5.54 Å². The van der Waals surface area contributed by atoms with Crippen molar-refractivity contribution in [2.24, 2.45) is 5.92 Å². The first-order valence-corrected chi connectivity index (χ1v) is 8.29. The molecule has 0 saturated carbocycles. The molecule has 24 heavy (non-hydrogen) atoms. The van der Waals surface area contributed by atoms with E-state index in [9.17, 15) is 4.79 Å². The Kier molecular flexibility index (Phi) is 4.49. The number of carbonyl (C=O) groups excluding carboxylic acids is 1. The summed E-state index contributed by atoms with van der Waals surface area (Å²) < 4.78 is 12.9. The molecule has 0 aliphatic carbocycles. The molecule has 0 radical (unpaired) electrons. The fourth-order valence-electron chi connectivity index (χ4n) is 3.45. The first-order chi connectivity index (χ1) is 11.4. The van der Waals surface area contributed by atoms with E-state index in [4.69, 9.17) is 9.26 Å². The van der Waals surface area contributed by atoms with E-state index in [1.165, 1.54) is 0 Å². The monoisotopic (exact) mass is 331 g/mol. The van der Waals surface area contributed by atoms with Crippen molar-refractivity contribution in [3.05, 3.63) is 42.0 Å². The standard InChI is InChI=1S/C18H25N3O3/c1-13-9-15(24-19-13)10-14-11-20(12-16(14)23-4)17(22)18(2,3)21-7-5-6-8-21/h5-9,14,16H,10-12H2,1-4H3/t14-,16+/m1/s1. The maximum Gasteiger partial charge on any atom is 0.248 e. The fourth-order valence-corrected chi connectivity index (χ4v) is 3.45. The largest absolute Gasteiger partial charge is 0.379 e. The van der Waals surface area contributed by atoms with Gasteiger partial charge in [-0.25, -0.2) is 0 Å². The molecule has 1 aliphatic rings. The van der Waals surface area contributed by atoms with E-state index in [2.05, 4.69) is 5.16 Å². The van der Waals surface area contributed by atoms with Crippen LogP contribution in [0.4, 0.5) is 0 Å². The second-order valence-electron chi connectivity index (χ2n) is 7.03. The molecule has 0 N–H and O–H groups in total. The number of methoxy groups -OCH3 is 1. The van der Waals surface area contributed by atoms with Crippen LogP contribution in [0.2, 0.25) is 0 Å². The zero-order valence-electron chi connectivity index (χ0n) is 14.7. The summed E-state index contributed by atoms with van der Waals surface area (Å²) in [5, 5.41) is 3.94. The number of nitrogens with zero attached hydrogens (tertiary/aromatic N) is 3. The van der Waals surface area contributed by atoms with E-state index >= 15 is 0 Å². The predicted octanol–water partition coefficient (Wildman–Crippen LogP) is 2.24. The van der Waals surface area contributed by atoms with Gasteiger partial charge in [-0.2, -0.15) is 0 Å².